The third-order valence-electron chi connectivity index (χ3n) is 2.82. The zero-order valence-electron chi connectivity index (χ0n) is 10.1. The molecule has 1 heterocycles. The van der Waals surface area contributed by atoms with Crippen LogP contribution in [0.4, 0.5) is 5.69 Å². The van der Waals surface area contributed by atoms with Crippen molar-refractivity contribution in [2.45, 2.75) is 11.8 Å². The van der Waals surface area contributed by atoms with E-state index in [2.05, 4.69) is 0 Å². The van der Waals surface area contributed by atoms with Crippen LogP contribution in [0.25, 0.3) is 0 Å². The molecule has 1 saturated heterocycles. The summed E-state index contributed by atoms with van der Waals surface area (Å²) >= 11 is 12.0. The van der Waals surface area contributed by atoms with Crippen LogP contribution in [0.3, 0.4) is 0 Å². The van der Waals surface area contributed by atoms with Crippen molar-refractivity contribution < 1.29 is 14.3 Å². The minimum atomic E-state index is -0.177. The van der Waals surface area contributed by atoms with Crippen LogP contribution in [0.5, 0.6) is 11.5 Å². The molecule has 0 spiro atoms. The number of alkyl halides is 1. The van der Waals surface area contributed by atoms with E-state index < -0.39 is 0 Å². The zero-order chi connectivity index (χ0) is 13.3. The highest BCUT2D eigenvalue weighted by Gasteiger charge is 2.31. The summed E-state index contributed by atoms with van der Waals surface area (Å²) in [6.07, 6.45) is 0.329. The van der Waals surface area contributed by atoms with Crippen molar-refractivity contribution >= 4 is 34.8 Å². The van der Waals surface area contributed by atoms with Crippen molar-refractivity contribution in [2.75, 3.05) is 25.7 Å². The largest absolute Gasteiger partial charge is 0.495 e. The average Bonchev–Trinajstić information content (AvgIpc) is 2.68. The van der Waals surface area contributed by atoms with Crippen LogP contribution in [0.15, 0.2) is 12.1 Å². The third kappa shape index (κ3) is 2.35. The van der Waals surface area contributed by atoms with Gasteiger partial charge in [-0.05, 0) is 0 Å². The Morgan fingerprint density at radius 2 is 1.94 bits per heavy atom. The van der Waals surface area contributed by atoms with E-state index in [-0.39, 0.29) is 11.3 Å². The van der Waals surface area contributed by atoms with Gasteiger partial charge in [0.1, 0.15) is 11.5 Å². The second-order valence-corrected chi connectivity index (χ2v) is 4.99. The van der Waals surface area contributed by atoms with Gasteiger partial charge in [-0.3, -0.25) is 4.79 Å². The summed E-state index contributed by atoms with van der Waals surface area (Å²) in [7, 11) is 3.05. The molecule has 1 aliphatic heterocycles. The number of nitrogens with zero attached hydrogens (tertiary/aromatic N) is 1. The van der Waals surface area contributed by atoms with Crippen molar-refractivity contribution in [2.24, 2.45) is 0 Å². The van der Waals surface area contributed by atoms with E-state index in [1.165, 1.54) is 14.2 Å². The molecule has 0 aliphatic carbocycles. The standard InChI is InChI=1S/C12H13Cl2NO3/c1-17-10-5-9(11(18-2)4-8(10)14)15-6-7(13)3-12(15)16/h4-5,7H,3,6H2,1-2H3. The maximum Gasteiger partial charge on any atom is 0.228 e. The van der Waals surface area contributed by atoms with Gasteiger partial charge in [-0.15, -0.1) is 11.6 Å². The van der Waals surface area contributed by atoms with Crippen LogP contribution in [0.2, 0.25) is 5.02 Å². The molecule has 1 aliphatic rings. The van der Waals surface area contributed by atoms with Crippen molar-refractivity contribution in [3.05, 3.63) is 17.2 Å². The van der Waals surface area contributed by atoms with Crippen LogP contribution >= 0.6 is 23.2 Å². The number of amides is 1. The molecule has 0 N–H and O–H groups in total. The molecule has 0 aromatic heterocycles. The Labute approximate surface area is 115 Å². The lowest BCUT2D eigenvalue weighted by atomic mass is 10.2. The van der Waals surface area contributed by atoms with Crippen LogP contribution < -0.4 is 14.4 Å². The van der Waals surface area contributed by atoms with Gasteiger partial charge >= 0.3 is 0 Å². The molecular weight excluding hydrogens is 277 g/mol. The maximum atomic E-state index is 11.8. The number of carbonyl (C=O) groups excluding carboxylic acids is 1. The Hall–Kier alpha value is -1.13. The molecular formula is C12H13Cl2NO3. The number of anilines is 1. The molecule has 1 aromatic rings. The summed E-state index contributed by atoms with van der Waals surface area (Å²) in [5.41, 5.74) is 0.631. The molecule has 1 amide bonds. The minimum Gasteiger partial charge on any atom is -0.495 e. The average molecular weight is 290 g/mol. The summed E-state index contributed by atoms with van der Waals surface area (Å²) in [4.78, 5) is 13.4. The van der Waals surface area contributed by atoms with E-state index >= 15 is 0 Å². The predicted octanol–water partition coefficient (Wildman–Crippen LogP) is 2.70. The molecule has 2 rings (SSSR count). The smallest absolute Gasteiger partial charge is 0.228 e. The lowest BCUT2D eigenvalue weighted by molar-refractivity contribution is -0.117. The SMILES string of the molecule is COc1cc(N2CC(Cl)CC2=O)c(OC)cc1Cl. The molecule has 0 radical (unpaired) electrons. The molecule has 98 valence electrons. The number of benzene rings is 1. The summed E-state index contributed by atoms with van der Waals surface area (Å²) in [6, 6.07) is 3.32. The van der Waals surface area contributed by atoms with Crippen LogP contribution in [0.1, 0.15) is 6.42 Å². The Balaban J connectivity index is 2.45. The Morgan fingerprint density at radius 1 is 1.28 bits per heavy atom. The van der Waals surface area contributed by atoms with E-state index in [4.69, 9.17) is 32.7 Å². The summed E-state index contributed by atoms with van der Waals surface area (Å²) < 4.78 is 10.4. The number of carbonyl (C=O) groups is 1. The van der Waals surface area contributed by atoms with E-state index in [1.807, 2.05) is 0 Å². The van der Waals surface area contributed by atoms with Crippen molar-refractivity contribution in [3.63, 3.8) is 0 Å². The van der Waals surface area contributed by atoms with Gasteiger partial charge in [0, 0.05) is 25.1 Å². The highest BCUT2D eigenvalue weighted by molar-refractivity contribution is 6.32. The highest BCUT2D eigenvalue weighted by Crippen LogP contribution is 2.39. The second-order valence-electron chi connectivity index (χ2n) is 3.96. The number of methoxy groups -OCH3 is 2. The molecule has 0 bridgehead atoms. The Morgan fingerprint density at radius 3 is 2.44 bits per heavy atom. The first-order chi connectivity index (χ1) is 8.56. The van der Waals surface area contributed by atoms with Gasteiger partial charge in [-0.2, -0.15) is 0 Å². The minimum absolute atomic E-state index is 0.0299. The van der Waals surface area contributed by atoms with Gasteiger partial charge in [0.25, 0.3) is 0 Å². The van der Waals surface area contributed by atoms with Gasteiger partial charge in [0.15, 0.2) is 0 Å². The molecule has 1 atom stereocenters. The van der Waals surface area contributed by atoms with Gasteiger partial charge in [0.2, 0.25) is 5.91 Å². The molecule has 1 unspecified atom stereocenters. The number of ether oxygens (including phenoxy) is 2. The fraction of sp³-hybridized carbons (Fsp3) is 0.417. The molecule has 18 heavy (non-hydrogen) atoms. The van der Waals surface area contributed by atoms with Crippen LogP contribution in [0, 0.1) is 0 Å². The van der Waals surface area contributed by atoms with Crippen molar-refractivity contribution in [1.29, 1.82) is 0 Å². The fourth-order valence-corrected chi connectivity index (χ4v) is 2.45. The van der Waals surface area contributed by atoms with Gasteiger partial charge in [-0.1, -0.05) is 11.6 Å². The normalized spacial score (nSPS) is 19.2. The van der Waals surface area contributed by atoms with Crippen molar-refractivity contribution in [1.82, 2.24) is 0 Å². The summed E-state index contributed by atoms with van der Waals surface area (Å²) in [6.45, 7) is 0.460. The number of hydrogen-bond acceptors (Lipinski definition) is 3. The zero-order valence-corrected chi connectivity index (χ0v) is 11.6. The molecule has 1 aromatic carbocycles. The topological polar surface area (TPSA) is 38.8 Å². The van der Waals surface area contributed by atoms with E-state index in [0.717, 1.165) is 0 Å². The second kappa shape index (κ2) is 5.24. The maximum absolute atomic E-state index is 11.8. The van der Waals surface area contributed by atoms with E-state index in [1.54, 1.807) is 17.0 Å². The Bertz CT molecular complexity index is 479. The summed E-state index contributed by atoms with van der Waals surface area (Å²) in [5, 5.41) is 0.260. The first-order valence-electron chi connectivity index (χ1n) is 5.42. The number of rotatable bonds is 3. The lowest BCUT2D eigenvalue weighted by Crippen LogP contribution is -2.25. The molecule has 0 saturated carbocycles. The fourth-order valence-electron chi connectivity index (χ4n) is 1.95. The van der Waals surface area contributed by atoms with E-state index in [0.29, 0.717) is 35.2 Å². The number of halogens is 2. The predicted molar refractivity (Wildman–Crippen MR) is 71.2 cm³/mol. The van der Waals surface area contributed by atoms with Gasteiger partial charge < -0.3 is 14.4 Å². The summed E-state index contributed by atoms with van der Waals surface area (Å²) in [5.74, 6) is 0.996. The number of hydrogen-bond donors (Lipinski definition) is 0. The lowest BCUT2D eigenvalue weighted by Gasteiger charge is -2.20. The van der Waals surface area contributed by atoms with Crippen LogP contribution in [-0.2, 0) is 4.79 Å². The van der Waals surface area contributed by atoms with Gasteiger partial charge in [-0.25, -0.2) is 0 Å². The van der Waals surface area contributed by atoms with E-state index in [9.17, 15) is 4.79 Å². The monoisotopic (exact) mass is 289 g/mol. The molecule has 1 fully saturated rings. The first-order valence-corrected chi connectivity index (χ1v) is 6.24. The quantitative estimate of drug-likeness (QED) is 0.803. The third-order valence-corrected chi connectivity index (χ3v) is 3.41. The van der Waals surface area contributed by atoms with Gasteiger partial charge in [0.05, 0.1) is 30.3 Å². The highest BCUT2D eigenvalue weighted by atomic mass is 35.5. The molecule has 6 heteroatoms. The first kappa shape index (κ1) is 13.3. The van der Waals surface area contributed by atoms with Crippen molar-refractivity contribution in [3.8, 4) is 11.5 Å². The Kier molecular flexibility index (Phi) is 3.88. The molecule has 4 nitrogen and oxygen atoms in total. The van der Waals surface area contributed by atoms with Crippen LogP contribution in [-0.4, -0.2) is 32.0 Å².